The Hall–Kier alpha value is -1.27. The monoisotopic (exact) mass is 312 g/mol. The van der Waals surface area contributed by atoms with Crippen LogP contribution in [0, 0.1) is 5.92 Å². The van der Waals surface area contributed by atoms with Crippen molar-refractivity contribution >= 4 is 15.7 Å². The Labute approximate surface area is 126 Å². The molecule has 2 rings (SSSR count). The van der Waals surface area contributed by atoms with E-state index in [1.807, 2.05) is 0 Å². The van der Waals surface area contributed by atoms with Crippen LogP contribution in [0.15, 0.2) is 23.1 Å². The number of ether oxygens (including phenoxy) is 1. The number of benzene rings is 1. The number of rotatable bonds is 4. The van der Waals surface area contributed by atoms with Crippen molar-refractivity contribution in [2.45, 2.75) is 50.0 Å². The molecule has 1 aliphatic carbocycles. The van der Waals surface area contributed by atoms with E-state index in [9.17, 15) is 8.42 Å². The molecule has 0 bridgehead atoms. The van der Waals surface area contributed by atoms with Crippen molar-refractivity contribution in [3.8, 4) is 5.75 Å². The number of nitrogens with one attached hydrogen (secondary N) is 1. The maximum absolute atomic E-state index is 12.5. The number of hydrogen-bond acceptors (Lipinski definition) is 4. The quantitative estimate of drug-likeness (QED) is 0.661. The molecular weight excluding hydrogens is 288 g/mol. The molecule has 21 heavy (non-hydrogen) atoms. The molecule has 1 saturated carbocycles. The molecule has 0 aliphatic heterocycles. The first-order valence-corrected chi connectivity index (χ1v) is 8.88. The van der Waals surface area contributed by atoms with Gasteiger partial charge in [0.15, 0.2) is 0 Å². The maximum atomic E-state index is 12.5. The molecule has 0 radical (unpaired) electrons. The van der Waals surface area contributed by atoms with E-state index in [0.29, 0.717) is 17.4 Å². The van der Waals surface area contributed by atoms with Gasteiger partial charge in [-0.1, -0.05) is 26.2 Å². The number of nitrogen functional groups attached to an aromatic ring is 1. The second kappa shape index (κ2) is 6.66. The number of sulfonamides is 1. The van der Waals surface area contributed by atoms with E-state index in [2.05, 4.69) is 11.6 Å². The summed E-state index contributed by atoms with van der Waals surface area (Å²) in [6, 6.07) is 4.55. The number of hydrogen-bond donors (Lipinski definition) is 2. The van der Waals surface area contributed by atoms with Gasteiger partial charge in [0.25, 0.3) is 0 Å². The molecule has 1 aliphatic rings. The summed E-state index contributed by atoms with van der Waals surface area (Å²) in [6.45, 7) is 2.11. The predicted molar refractivity (Wildman–Crippen MR) is 83.8 cm³/mol. The summed E-state index contributed by atoms with van der Waals surface area (Å²) in [5.41, 5.74) is 6.16. The lowest BCUT2D eigenvalue weighted by Crippen LogP contribution is -2.38. The molecule has 0 aromatic heterocycles. The van der Waals surface area contributed by atoms with Crippen LogP contribution >= 0.6 is 0 Å². The Bertz CT molecular complexity index is 587. The first-order valence-electron chi connectivity index (χ1n) is 7.40. The van der Waals surface area contributed by atoms with E-state index in [4.69, 9.17) is 10.5 Å². The largest absolute Gasteiger partial charge is 0.495 e. The van der Waals surface area contributed by atoms with Gasteiger partial charge >= 0.3 is 0 Å². The van der Waals surface area contributed by atoms with Crippen molar-refractivity contribution in [1.29, 1.82) is 0 Å². The van der Waals surface area contributed by atoms with Crippen molar-refractivity contribution in [3.63, 3.8) is 0 Å². The minimum absolute atomic E-state index is 0.000970. The van der Waals surface area contributed by atoms with Crippen LogP contribution in [-0.4, -0.2) is 21.6 Å². The van der Waals surface area contributed by atoms with Crippen LogP contribution < -0.4 is 15.2 Å². The van der Waals surface area contributed by atoms with Gasteiger partial charge in [0.1, 0.15) is 5.75 Å². The molecule has 5 nitrogen and oxygen atoms in total. The van der Waals surface area contributed by atoms with Gasteiger partial charge in [-0.05, 0) is 30.9 Å². The molecule has 1 aromatic rings. The first-order chi connectivity index (χ1) is 9.94. The zero-order valence-electron chi connectivity index (χ0n) is 12.6. The topological polar surface area (TPSA) is 81.4 Å². The molecule has 0 heterocycles. The van der Waals surface area contributed by atoms with Gasteiger partial charge in [0.05, 0.1) is 17.7 Å². The van der Waals surface area contributed by atoms with Crippen molar-refractivity contribution in [2.75, 3.05) is 12.8 Å². The van der Waals surface area contributed by atoms with Gasteiger partial charge in [-0.25, -0.2) is 13.1 Å². The average Bonchev–Trinajstić information content (AvgIpc) is 2.64. The third-order valence-corrected chi connectivity index (χ3v) is 5.67. The van der Waals surface area contributed by atoms with Gasteiger partial charge in [-0.3, -0.25) is 0 Å². The van der Waals surface area contributed by atoms with Crippen molar-refractivity contribution in [1.82, 2.24) is 4.72 Å². The zero-order chi connectivity index (χ0) is 15.5. The summed E-state index contributed by atoms with van der Waals surface area (Å²) in [7, 11) is -2.07. The Morgan fingerprint density at radius 3 is 2.67 bits per heavy atom. The number of nitrogens with two attached hydrogens (primary N) is 1. The second-order valence-electron chi connectivity index (χ2n) is 5.75. The smallest absolute Gasteiger partial charge is 0.240 e. The van der Waals surface area contributed by atoms with Gasteiger partial charge in [-0.2, -0.15) is 0 Å². The molecule has 0 saturated heterocycles. The van der Waals surface area contributed by atoms with Gasteiger partial charge < -0.3 is 10.5 Å². The van der Waals surface area contributed by atoms with Gasteiger partial charge in [0, 0.05) is 12.1 Å². The molecule has 0 spiro atoms. The Balaban J connectivity index is 2.21. The average molecular weight is 312 g/mol. The molecule has 118 valence electrons. The van der Waals surface area contributed by atoms with E-state index in [1.165, 1.54) is 32.1 Å². The van der Waals surface area contributed by atoms with Crippen LogP contribution in [0.4, 0.5) is 5.69 Å². The lowest BCUT2D eigenvalue weighted by molar-refractivity contribution is 0.399. The Morgan fingerprint density at radius 2 is 1.95 bits per heavy atom. The normalized spacial score (nSPS) is 23.5. The van der Waals surface area contributed by atoms with Crippen LogP contribution in [0.3, 0.4) is 0 Å². The van der Waals surface area contributed by atoms with E-state index in [1.54, 1.807) is 6.07 Å². The summed E-state index contributed by atoms with van der Waals surface area (Å²) < 4.78 is 33.0. The molecule has 2 unspecified atom stereocenters. The van der Waals surface area contributed by atoms with Crippen molar-refractivity contribution in [3.05, 3.63) is 18.2 Å². The summed E-state index contributed by atoms with van der Waals surface area (Å²) in [5.74, 6) is 0.741. The highest BCUT2D eigenvalue weighted by Crippen LogP contribution is 2.27. The van der Waals surface area contributed by atoms with Crippen molar-refractivity contribution in [2.24, 2.45) is 5.92 Å². The molecule has 6 heteroatoms. The minimum atomic E-state index is -3.54. The van der Waals surface area contributed by atoms with Crippen LogP contribution in [0.1, 0.15) is 39.0 Å². The molecule has 0 amide bonds. The summed E-state index contributed by atoms with van der Waals surface area (Å²) in [6.07, 6.45) is 5.39. The SMILES string of the molecule is COc1cc(S(=O)(=O)NC2CCCCCC2C)ccc1N. The van der Waals surface area contributed by atoms with Gasteiger partial charge in [-0.15, -0.1) is 0 Å². The van der Waals surface area contributed by atoms with E-state index in [0.717, 1.165) is 19.3 Å². The summed E-state index contributed by atoms with van der Waals surface area (Å²) in [5, 5.41) is 0. The third kappa shape index (κ3) is 3.89. The molecule has 1 fully saturated rings. The fourth-order valence-corrected chi connectivity index (χ4v) is 4.19. The minimum Gasteiger partial charge on any atom is -0.495 e. The first kappa shape index (κ1) is 16.1. The lowest BCUT2D eigenvalue weighted by Gasteiger charge is -2.22. The number of methoxy groups -OCH3 is 1. The second-order valence-corrected chi connectivity index (χ2v) is 7.46. The van der Waals surface area contributed by atoms with E-state index in [-0.39, 0.29) is 10.9 Å². The van der Waals surface area contributed by atoms with Crippen LogP contribution in [0.5, 0.6) is 5.75 Å². The van der Waals surface area contributed by atoms with Gasteiger partial charge in [0.2, 0.25) is 10.0 Å². The highest BCUT2D eigenvalue weighted by molar-refractivity contribution is 7.89. The van der Waals surface area contributed by atoms with Crippen molar-refractivity contribution < 1.29 is 13.2 Å². The molecular formula is C15H24N2O3S. The van der Waals surface area contributed by atoms with E-state index < -0.39 is 10.0 Å². The highest BCUT2D eigenvalue weighted by Gasteiger charge is 2.26. The standard InChI is InChI=1S/C15H24N2O3S/c1-11-6-4-3-5-7-14(11)17-21(18,19)12-8-9-13(16)15(10-12)20-2/h8-11,14,17H,3-7,16H2,1-2H3. The van der Waals surface area contributed by atoms with Crippen LogP contribution in [-0.2, 0) is 10.0 Å². The molecule has 1 aromatic carbocycles. The highest BCUT2D eigenvalue weighted by atomic mass is 32.2. The lowest BCUT2D eigenvalue weighted by atomic mass is 9.98. The van der Waals surface area contributed by atoms with Crippen LogP contribution in [0.25, 0.3) is 0 Å². The predicted octanol–water partition coefficient (Wildman–Crippen LogP) is 2.52. The third-order valence-electron chi connectivity index (χ3n) is 4.18. The summed E-state index contributed by atoms with van der Waals surface area (Å²) >= 11 is 0. The van der Waals surface area contributed by atoms with E-state index >= 15 is 0 Å². The maximum Gasteiger partial charge on any atom is 0.240 e. The number of anilines is 1. The zero-order valence-corrected chi connectivity index (χ0v) is 13.4. The Morgan fingerprint density at radius 1 is 1.24 bits per heavy atom. The fourth-order valence-electron chi connectivity index (χ4n) is 2.79. The molecule has 2 atom stereocenters. The van der Waals surface area contributed by atoms with Crippen LogP contribution in [0.2, 0.25) is 0 Å². The fraction of sp³-hybridized carbons (Fsp3) is 0.600. The molecule has 3 N–H and O–H groups in total. The Kier molecular flexibility index (Phi) is 5.11. The summed E-state index contributed by atoms with van der Waals surface area (Å²) in [4.78, 5) is 0.199.